The summed E-state index contributed by atoms with van der Waals surface area (Å²) in [7, 11) is 1.61. The van der Waals surface area contributed by atoms with Gasteiger partial charge in [0.05, 0.1) is 10.5 Å². The predicted octanol–water partition coefficient (Wildman–Crippen LogP) is 0.967. The fourth-order valence-corrected chi connectivity index (χ4v) is 1.57. The Morgan fingerprint density at radius 2 is 2.19 bits per heavy atom. The minimum Gasteiger partial charge on any atom is -0.478 e. The predicted molar refractivity (Wildman–Crippen MR) is 74.2 cm³/mol. The lowest BCUT2D eigenvalue weighted by Gasteiger charge is -2.20. The van der Waals surface area contributed by atoms with E-state index >= 15 is 0 Å². The summed E-state index contributed by atoms with van der Waals surface area (Å²) in [4.78, 5) is 38.1. The Balaban J connectivity index is 3.05. The Kier molecular flexibility index (Phi) is 5.17. The minimum absolute atomic E-state index is 0.143. The van der Waals surface area contributed by atoms with E-state index in [1.54, 1.807) is 20.9 Å². The number of nitro groups is 1. The average Bonchev–Trinajstić information content (AvgIpc) is 2.45. The number of hydrogen-bond acceptors (Lipinski definition) is 6. The van der Waals surface area contributed by atoms with Gasteiger partial charge < -0.3 is 15.3 Å². The number of hydrogen-bond donors (Lipinski definition) is 2. The second-order valence-electron chi connectivity index (χ2n) is 4.37. The fraction of sp³-hybridized carbons (Fsp3) is 0.417. The van der Waals surface area contributed by atoms with Crippen molar-refractivity contribution in [1.29, 1.82) is 0 Å². The van der Waals surface area contributed by atoms with E-state index in [1.807, 2.05) is 0 Å². The van der Waals surface area contributed by atoms with Crippen LogP contribution in [-0.2, 0) is 4.79 Å². The van der Waals surface area contributed by atoms with E-state index in [1.165, 1.54) is 4.90 Å². The van der Waals surface area contributed by atoms with Crippen LogP contribution in [0, 0.1) is 10.1 Å². The Hall–Kier alpha value is -2.71. The van der Waals surface area contributed by atoms with Crippen LogP contribution in [-0.4, -0.2) is 51.4 Å². The van der Waals surface area contributed by atoms with Crippen molar-refractivity contribution < 1.29 is 19.6 Å². The van der Waals surface area contributed by atoms with Crippen molar-refractivity contribution >= 4 is 23.4 Å². The quantitative estimate of drug-likeness (QED) is 0.591. The fourth-order valence-electron chi connectivity index (χ4n) is 1.57. The third-order valence-corrected chi connectivity index (χ3v) is 2.89. The number of amides is 1. The molecule has 0 aliphatic rings. The summed E-state index contributed by atoms with van der Waals surface area (Å²) in [5, 5.41) is 22.4. The molecule has 0 radical (unpaired) electrons. The number of aromatic nitrogens is 1. The Bertz CT molecular complexity index is 575. The van der Waals surface area contributed by atoms with E-state index in [2.05, 4.69) is 10.3 Å². The number of carbonyl (C=O) groups excluding carboxylic acids is 1. The van der Waals surface area contributed by atoms with E-state index in [0.717, 1.165) is 12.3 Å². The third kappa shape index (κ3) is 3.88. The first-order valence-corrected chi connectivity index (χ1v) is 6.17. The number of pyridine rings is 1. The van der Waals surface area contributed by atoms with Gasteiger partial charge in [-0.15, -0.1) is 0 Å². The normalized spacial score (nSPS) is 11.6. The van der Waals surface area contributed by atoms with Crippen molar-refractivity contribution in [2.45, 2.75) is 19.9 Å². The van der Waals surface area contributed by atoms with E-state index in [4.69, 9.17) is 5.11 Å². The molecule has 0 saturated heterocycles. The first-order chi connectivity index (χ1) is 9.77. The molecule has 0 aliphatic heterocycles. The maximum atomic E-state index is 11.9. The number of carboxylic acids is 1. The van der Waals surface area contributed by atoms with Crippen LogP contribution >= 0.6 is 0 Å². The molecule has 114 valence electrons. The molecule has 1 heterocycles. The van der Waals surface area contributed by atoms with Gasteiger partial charge >= 0.3 is 11.7 Å². The van der Waals surface area contributed by atoms with Crippen LogP contribution in [0.3, 0.4) is 0 Å². The molecule has 0 aliphatic carbocycles. The van der Waals surface area contributed by atoms with Crippen LogP contribution in [0.5, 0.6) is 0 Å². The van der Waals surface area contributed by atoms with Crippen LogP contribution in [0.15, 0.2) is 12.3 Å². The molecular weight excluding hydrogens is 280 g/mol. The molecule has 0 spiro atoms. The van der Waals surface area contributed by atoms with Crippen LogP contribution in [0.25, 0.3) is 0 Å². The zero-order valence-corrected chi connectivity index (χ0v) is 11.9. The van der Waals surface area contributed by atoms with Crippen LogP contribution in [0.1, 0.15) is 24.2 Å². The van der Waals surface area contributed by atoms with Gasteiger partial charge in [0.25, 0.3) is 0 Å². The van der Waals surface area contributed by atoms with E-state index < -0.39 is 22.6 Å². The van der Waals surface area contributed by atoms with Crippen LogP contribution in [0.4, 0.5) is 11.5 Å². The molecule has 1 amide bonds. The smallest absolute Gasteiger partial charge is 0.337 e. The molecule has 1 aromatic heterocycles. The molecule has 1 rings (SSSR count). The molecule has 0 fully saturated rings. The van der Waals surface area contributed by atoms with Gasteiger partial charge in [-0.1, -0.05) is 0 Å². The lowest BCUT2D eigenvalue weighted by Crippen LogP contribution is -2.39. The summed E-state index contributed by atoms with van der Waals surface area (Å²) in [6.45, 7) is 3.84. The van der Waals surface area contributed by atoms with Crippen LogP contribution < -0.4 is 5.32 Å². The van der Waals surface area contributed by atoms with Crippen molar-refractivity contribution in [3.05, 3.63) is 27.9 Å². The highest BCUT2D eigenvalue weighted by Gasteiger charge is 2.23. The molecule has 9 heteroatoms. The number of carbonyl (C=O) groups is 2. The van der Waals surface area contributed by atoms with Crippen LogP contribution in [0.2, 0.25) is 0 Å². The maximum Gasteiger partial charge on any atom is 0.337 e. The summed E-state index contributed by atoms with van der Waals surface area (Å²) in [6.07, 6.45) is 0.998. The molecule has 1 unspecified atom stereocenters. The standard InChI is InChI=1S/C12H16N4O5/c1-4-15(3)11(17)7(2)14-10-9(16(20)21)5-8(6-13-10)12(18)19/h5-7H,4H2,1-3H3,(H,13,14)(H,18,19). The largest absolute Gasteiger partial charge is 0.478 e. The molecule has 1 atom stereocenters. The molecule has 21 heavy (non-hydrogen) atoms. The van der Waals surface area contributed by atoms with Gasteiger partial charge in [-0.2, -0.15) is 0 Å². The minimum atomic E-state index is -1.31. The third-order valence-electron chi connectivity index (χ3n) is 2.89. The highest BCUT2D eigenvalue weighted by molar-refractivity contribution is 5.89. The van der Waals surface area contributed by atoms with Crippen molar-refractivity contribution in [2.75, 3.05) is 18.9 Å². The van der Waals surface area contributed by atoms with Gasteiger partial charge in [-0.05, 0) is 13.8 Å². The number of likely N-dealkylation sites (N-methyl/N-ethyl adjacent to an activating group) is 1. The lowest BCUT2D eigenvalue weighted by atomic mass is 10.2. The molecule has 0 saturated carbocycles. The Morgan fingerprint density at radius 1 is 1.57 bits per heavy atom. The molecule has 0 bridgehead atoms. The summed E-state index contributed by atoms with van der Waals surface area (Å²) < 4.78 is 0. The number of nitrogens with one attached hydrogen (secondary N) is 1. The number of rotatable bonds is 6. The maximum absolute atomic E-state index is 11.9. The summed E-state index contributed by atoms with van der Waals surface area (Å²) >= 11 is 0. The van der Waals surface area contributed by atoms with Gasteiger partial charge in [-0.25, -0.2) is 9.78 Å². The number of carboxylic acid groups (broad SMARTS) is 1. The van der Waals surface area contributed by atoms with Crippen molar-refractivity contribution in [2.24, 2.45) is 0 Å². The van der Waals surface area contributed by atoms with Gasteiger partial charge in [0.15, 0.2) is 0 Å². The Morgan fingerprint density at radius 3 is 2.67 bits per heavy atom. The number of nitrogens with zero attached hydrogens (tertiary/aromatic N) is 3. The number of anilines is 1. The van der Waals surface area contributed by atoms with Gasteiger partial charge in [0.2, 0.25) is 11.7 Å². The monoisotopic (exact) mass is 296 g/mol. The van der Waals surface area contributed by atoms with Gasteiger partial charge in [0.1, 0.15) is 6.04 Å². The second-order valence-corrected chi connectivity index (χ2v) is 4.37. The highest BCUT2D eigenvalue weighted by Crippen LogP contribution is 2.23. The zero-order valence-electron chi connectivity index (χ0n) is 11.9. The first-order valence-electron chi connectivity index (χ1n) is 6.17. The molecule has 9 nitrogen and oxygen atoms in total. The number of aromatic carboxylic acids is 1. The average molecular weight is 296 g/mol. The molecule has 0 aromatic carbocycles. The first kappa shape index (κ1) is 16.3. The lowest BCUT2D eigenvalue weighted by molar-refractivity contribution is -0.384. The van der Waals surface area contributed by atoms with E-state index in [-0.39, 0.29) is 17.3 Å². The Labute approximate surface area is 120 Å². The molecule has 2 N–H and O–H groups in total. The zero-order chi connectivity index (χ0) is 16.2. The second kappa shape index (κ2) is 6.64. The van der Waals surface area contributed by atoms with Crippen molar-refractivity contribution in [1.82, 2.24) is 9.88 Å². The van der Waals surface area contributed by atoms with Crippen molar-refractivity contribution in [3.8, 4) is 0 Å². The summed E-state index contributed by atoms with van der Waals surface area (Å²) in [5.74, 6) is -1.71. The summed E-state index contributed by atoms with van der Waals surface area (Å²) in [5.41, 5.74) is -0.786. The van der Waals surface area contributed by atoms with E-state index in [9.17, 15) is 19.7 Å². The molecular formula is C12H16N4O5. The summed E-state index contributed by atoms with van der Waals surface area (Å²) in [6, 6.07) is 0.176. The SMILES string of the molecule is CCN(C)C(=O)C(C)Nc1ncc(C(=O)O)cc1[N+](=O)[O-]. The van der Waals surface area contributed by atoms with Gasteiger partial charge in [0, 0.05) is 25.9 Å². The molecule has 1 aromatic rings. The highest BCUT2D eigenvalue weighted by atomic mass is 16.6. The van der Waals surface area contributed by atoms with Crippen molar-refractivity contribution in [3.63, 3.8) is 0 Å². The van der Waals surface area contributed by atoms with E-state index in [0.29, 0.717) is 6.54 Å². The van der Waals surface area contributed by atoms with Gasteiger partial charge in [-0.3, -0.25) is 14.9 Å². The topological polar surface area (TPSA) is 126 Å².